The van der Waals surface area contributed by atoms with Crippen LogP contribution in [0, 0.1) is 6.92 Å². The Morgan fingerprint density at radius 1 is 1.36 bits per heavy atom. The molecule has 1 aromatic heterocycles. The minimum Gasteiger partial charge on any atom is -0.343 e. The molecule has 1 atom stereocenters. The normalized spacial score (nSPS) is 15.9. The number of aryl methyl sites for hydroxylation is 1. The second-order valence-electron chi connectivity index (χ2n) is 6.33. The molecule has 2 aromatic rings. The van der Waals surface area contributed by atoms with E-state index >= 15 is 0 Å². The molecular formula is C18H22N4O3. The molecule has 7 nitrogen and oxygen atoms in total. The van der Waals surface area contributed by atoms with Gasteiger partial charge in [0.05, 0.1) is 6.54 Å². The number of hydrogen-bond donors (Lipinski definition) is 1. The van der Waals surface area contributed by atoms with Gasteiger partial charge in [0.2, 0.25) is 23.5 Å². The first kappa shape index (κ1) is 17.1. The average molecular weight is 342 g/mol. The summed E-state index contributed by atoms with van der Waals surface area (Å²) in [6.07, 6.45) is 2.36. The molecule has 7 heteroatoms. The zero-order valence-corrected chi connectivity index (χ0v) is 14.5. The van der Waals surface area contributed by atoms with Crippen LogP contribution in [-0.4, -0.2) is 39.9 Å². The van der Waals surface area contributed by atoms with Gasteiger partial charge in [-0.25, -0.2) is 0 Å². The first-order valence-electron chi connectivity index (χ1n) is 8.51. The molecule has 1 aliphatic heterocycles. The second-order valence-corrected chi connectivity index (χ2v) is 6.33. The van der Waals surface area contributed by atoms with Crippen molar-refractivity contribution in [2.24, 2.45) is 0 Å². The third kappa shape index (κ3) is 4.04. The van der Waals surface area contributed by atoms with Gasteiger partial charge in [0, 0.05) is 18.5 Å². The molecule has 0 saturated carbocycles. The van der Waals surface area contributed by atoms with E-state index in [1.807, 2.05) is 31.2 Å². The van der Waals surface area contributed by atoms with Gasteiger partial charge in [-0.15, -0.1) is 0 Å². The lowest BCUT2D eigenvalue weighted by Crippen LogP contribution is -2.43. The number of rotatable bonds is 5. The Morgan fingerprint density at radius 2 is 2.16 bits per heavy atom. The van der Waals surface area contributed by atoms with Crippen molar-refractivity contribution in [1.29, 1.82) is 0 Å². The summed E-state index contributed by atoms with van der Waals surface area (Å²) >= 11 is 0. The Balaban J connectivity index is 1.62. The number of carbonyl (C=O) groups is 2. The predicted octanol–water partition coefficient (Wildman–Crippen LogP) is 2.23. The molecule has 2 heterocycles. The van der Waals surface area contributed by atoms with Crippen molar-refractivity contribution in [3.8, 4) is 11.4 Å². The third-order valence-corrected chi connectivity index (χ3v) is 4.33. The second kappa shape index (κ2) is 7.46. The zero-order chi connectivity index (χ0) is 17.8. The highest BCUT2D eigenvalue weighted by Gasteiger charge is 2.23. The molecule has 1 N–H and O–H groups in total. The lowest BCUT2D eigenvalue weighted by molar-refractivity contribution is -0.138. The van der Waals surface area contributed by atoms with Crippen LogP contribution in [-0.2, 0) is 9.59 Å². The lowest BCUT2D eigenvalue weighted by Gasteiger charge is -2.26. The van der Waals surface area contributed by atoms with Crippen LogP contribution in [0.25, 0.3) is 11.4 Å². The van der Waals surface area contributed by atoms with Crippen LogP contribution in [0.4, 0.5) is 0 Å². The maximum absolute atomic E-state index is 12.2. The van der Waals surface area contributed by atoms with Gasteiger partial charge < -0.3 is 14.7 Å². The van der Waals surface area contributed by atoms with Gasteiger partial charge in [-0.3, -0.25) is 9.59 Å². The summed E-state index contributed by atoms with van der Waals surface area (Å²) in [4.78, 5) is 29.9. The highest BCUT2D eigenvalue weighted by Crippen LogP contribution is 2.21. The van der Waals surface area contributed by atoms with Crippen molar-refractivity contribution >= 4 is 11.8 Å². The van der Waals surface area contributed by atoms with Crippen molar-refractivity contribution in [1.82, 2.24) is 20.4 Å². The zero-order valence-electron chi connectivity index (χ0n) is 14.5. The van der Waals surface area contributed by atoms with Crippen LogP contribution < -0.4 is 5.32 Å². The van der Waals surface area contributed by atoms with E-state index in [2.05, 4.69) is 15.5 Å². The molecule has 1 aromatic carbocycles. The molecule has 132 valence electrons. The average Bonchev–Trinajstić information content (AvgIpc) is 3.07. The molecule has 0 bridgehead atoms. The summed E-state index contributed by atoms with van der Waals surface area (Å²) in [5.74, 6) is 0.657. The summed E-state index contributed by atoms with van der Waals surface area (Å²) in [5.41, 5.74) is 1.95. The quantitative estimate of drug-likeness (QED) is 0.900. The number of amides is 2. The highest BCUT2D eigenvalue weighted by molar-refractivity contribution is 5.85. The number of carbonyl (C=O) groups excluding carboxylic acids is 2. The number of nitrogens with zero attached hydrogens (tertiary/aromatic N) is 3. The molecule has 0 unspecified atom stereocenters. The SMILES string of the molecule is Cc1ccccc1-c1noc([C@H](C)NC(=O)CN2CCCCC2=O)n1. The molecule has 3 rings (SSSR count). The van der Waals surface area contributed by atoms with Crippen molar-refractivity contribution in [2.75, 3.05) is 13.1 Å². The molecule has 1 aliphatic rings. The number of likely N-dealkylation sites (tertiary alicyclic amines) is 1. The summed E-state index contributed by atoms with van der Waals surface area (Å²) in [6, 6.07) is 7.35. The van der Waals surface area contributed by atoms with E-state index in [9.17, 15) is 9.59 Å². The molecule has 0 aliphatic carbocycles. The van der Waals surface area contributed by atoms with E-state index in [4.69, 9.17) is 4.52 Å². The maximum atomic E-state index is 12.2. The van der Waals surface area contributed by atoms with Crippen LogP contribution in [0.1, 0.15) is 43.7 Å². The molecule has 2 amide bonds. The van der Waals surface area contributed by atoms with Gasteiger partial charge in [-0.05, 0) is 32.3 Å². The first-order valence-corrected chi connectivity index (χ1v) is 8.51. The van der Waals surface area contributed by atoms with Crippen molar-refractivity contribution < 1.29 is 14.1 Å². The smallest absolute Gasteiger partial charge is 0.249 e. The van der Waals surface area contributed by atoms with E-state index in [0.717, 1.165) is 24.0 Å². The Hall–Kier alpha value is -2.70. The largest absolute Gasteiger partial charge is 0.343 e. The minimum atomic E-state index is -0.419. The fraction of sp³-hybridized carbons (Fsp3) is 0.444. The minimum absolute atomic E-state index is 0.0358. The van der Waals surface area contributed by atoms with Crippen molar-refractivity contribution in [2.45, 2.75) is 39.2 Å². The summed E-state index contributed by atoms with van der Waals surface area (Å²) in [7, 11) is 0. The van der Waals surface area contributed by atoms with E-state index in [1.165, 1.54) is 0 Å². The van der Waals surface area contributed by atoms with E-state index in [1.54, 1.807) is 11.8 Å². The Kier molecular flexibility index (Phi) is 5.11. The summed E-state index contributed by atoms with van der Waals surface area (Å²) in [6.45, 7) is 4.47. The van der Waals surface area contributed by atoms with Crippen LogP contribution >= 0.6 is 0 Å². The van der Waals surface area contributed by atoms with Gasteiger partial charge in [0.25, 0.3) is 0 Å². The number of benzene rings is 1. The third-order valence-electron chi connectivity index (χ3n) is 4.33. The van der Waals surface area contributed by atoms with Gasteiger partial charge >= 0.3 is 0 Å². The van der Waals surface area contributed by atoms with E-state index in [0.29, 0.717) is 24.7 Å². The van der Waals surface area contributed by atoms with E-state index in [-0.39, 0.29) is 18.4 Å². The van der Waals surface area contributed by atoms with Crippen LogP contribution in [0.2, 0.25) is 0 Å². The Morgan fingerprint density at radius 3 is 2.92 bits per heavy atom. The fourth-order valence-corrected chi connectivity index (χ4v) is 2.90. The first-order chi connectivity index (χ1) is 12.0. The van der Waals surface area contributed by atoms with Crippen LogP contribution in [0.5, 0.6) is 0 Å². The molecule has 0 radical (unpaired) electrons. The van der Waals surface area contributed by atoms with E-state index < -0.39 is 6.04 Å². The highest BCUT2D eigenvalue weighted by atomic mass is 16.5. The summed E-state index contributed by atoms with van der Waals surface area (Å²) < 4.78 is 5.29. The Labute approximate surface area is 146 Å². The number of nitrogens with one attached hydrogen (secondary N) is 1. The van der Waals surface area contributed by atoms with Crippen LogP contribution in [0.15, 0.2) is 28.8 Å². The van der Waals surface area contributed by atoms with Gasteiger partial charge in [0.15, 0.2) is 0 Å². The van der Waals surface area contributed by atoms with Gasteiger partial charge in [0.1, 0.15) is 6.04 Å². The molecule has 1 saturated heterocycles. The van der Waals surface area contributed by atoms with Crippen molar-refractivity contribution in [3.05, 3.63) is 35.7 Å². The summed E-state index contributed by atoms with van der Waals surface area (Å²) in [5, 5.41) is 6.82. The topological polar surface area (TPSA) is 88.3 Å². The number of hydrogen-bond acceptors (Lipinski definition) is 5. The molecular weight excluding hydrogens is 320 g/mol. The van der Waals surface area contributed by atoms with Crippen LogP contribution in [0.3, 0.4) is 0 Å². The fourth-order valence-electron chi connectivity index (χ4n) is 2.90. The van der Waals surface area contributed by atoms with Gasteiger partial charge in [-0.2, -0.15) is 4.98 Å². The van der Waals surface area contributed by atoms with Gasteiger partial charge in [-0.1, -0.05) is 29.4 Å². The number of aromatic nitrogens is 2. The van der Waals surface area contributed by atoms with Crippen molar-refractivity contribution in [3.63, 3.8) is 0 Å². The molecule has 1 fully saturated rings. The maximum Gasteiger partial charge on any atom is 0.249 e. The molecule has 0 spiro atoms. The number of piperidine rings is 1. The monoisotopic (exact) mass is 342 g/mol. The lowest BCUT2D eigenvalue weighted by atomic mass is 10.1. The standard InChI is InChI=1S/C18H22N4O3/c1-12-7-3-4-8-14(12)17-20-18(25-21-17)13(2)19-15(23)11-22-10-6-5-9-16(22)24/h3-4,7-8,13H,5-6,9-11H2,1-2H3,(H,19,23)/t13-/m0/s1. The predicted molar refractivity (Wildman–Crippen MR) is 91.5 cm³/mol. The Bertz CT molecular complexity index is 771. The molecule has 25 heavy (non-hydrogen) atoms.